The van der Waals surface area contributed by atoms with Crippen molar-refractivity contribution in [2.75, 3.05) is 6.61 Å². The van der Waals surface area contributed by atoms with E-state index in [9.17, 15) is 5.11 Å². The molecule has 2 nitrogen and oxygen atoms in total. The molecule has 1 aliphatic carbocycles. The minimum Gasteiger partial charge on any atom is -0.493 e. The van der Waals surface area contributed by atoms with E-state index in [1.165, 1.54) is 11.1 Å². The van der Waals surface area contributed by atoms with E-state index in [2.05, 4.69) is 28.9 Å². The summed E-state index contributed by atoms with van der Waals surface area (Å²) in [7, 11) is 0. The van der Waals surface area contributed by atoms with Crippen LogP contribution in [0.4, 0.5) is 0 Å². The molecule has 1 N–H and O–H groups in total. The summed E-state index contributed by atoms with van der Waals surface area (Å²) in [5.41, 5.74) is 3.58. The molecule has 0 spiro atoms. The van der Waals surface area contributed by atoms with Crippen molar-refractivity contribution in [1.29, 1.82) is 0 Å². The number of hydrogen-bond acceptors (Lipinski definition) is 2. The normalized spacial score (nSPS) is 27.2. The lowest BCUT2D eigenvalue weighted by Crippen LogP contribution is -2.14. The molecule has 16 heavy (non-hydrogen) atoms. The highest BCUT2D eigenvalue weighted by atomic mass is 79.9. The van der Waals surface area contributed by atoms with Crippen molar-refractivity contribution in [2.24, 2.45) is 0 Å². The minimum atomic E-state index is -0.338. The zero-order valence-corrected chi connectivity index (χ0v) is 10.9. The second-order valence-electron chi connectivity index (χ2n) is 4.77. The van der Waals surface area contributed by atoms with Crippen LogP contribution in [0.1, 0.15) is 48.5 Å². The Morgan fingerprint density at radius 1 is 1.38 bits per heavy atom. The predicted molar refractivity (Wildman–Crippen MR) is 65.9 cm³/mol. The second-order valence-corrected chi connectivity index (χ2v) is 5.62. The highest BCUT2D eigenvalue weighted by Gasteiger charge is 2.31. The van der Waals surface area contributed by atoms with Crippen molar-refractivity contribution in [1.82, 2.24) is 0 Å². The lowest BCUT2D eigenvalue weighted by molar-refractivity contribution is 0.149. The van der Waals surface area contributed by atoms with E-state index in [0.29, 0.717) is 5.92 Å². The summed E-state index contributed by atoms with van der Waals surface area (Å²) >= 11 is 3.59. The Morgan fingerprint density at radius 3 is 3.00 bits per heavy atom. The number of hydrogen-bond donors (Lipinski definition) is 1. The number of aliphatic hydroxyl groups excluding tert-OH is 1. The van der Waals surface area contributed by atoms with Crippen LogP contribution >= 0.6 is 15.9 Å². The highest BCUT2D eigenvalue weighted by molar-refractivity contribution is 9.10. The molecular weight excluding hydrogens is 268 g/mol. The van der Waals surface area contributed by atoms with Crippen LogP contribution in [-0.4, -0.2) is 11.7 Å². The molecule has 0 fully saturated rings. The van der Waals surface area contributed by atoms with Crippen molar-refractivity contribution in [2.45, 2.75) is 38.2 Å². The molecule has 1 aromatic carbocycles. The van der Waals surface area contributed by atoms with Gasteiger partial charge in [-0.05, 0) is 30.4 Å². The van der Waals surface area contributed by atoms with Crippen LogP contribution < -0.4 is 4.74 Å². The van der Waals surface area contributed by atoms with Crippen molar-refractivity contribution >= 4 is 15.9 Å². The Balaban J connectivity index is 2.27. The largest absolute Gasteiger partial charge is 0.493 e. The summed E-state index contributed by atoms with van der Waals surface area (Å²) in [6.45, 7) is 3.00. The zero-order chi connectivity index (χ0) is 11.3. The smallest absolute Gasteiger partial charge is 0.126 e. The number of aliphatic hydroxyl groups is 1. The van der Waals surface area contributed by atoms with E-state index in [4.69, 9.17) is 4.74 Å². The van der Waals surface area contributed by atoms with Crippen LogP contribution in [0.25, 0.3) is 0 Å². The van der Waals surface area contributed by atoms with Crippen LogP contribution in [0.15, 0.2) is 10.5 Å². The minimum absolute atomic E-state index is 0.338. The topological polar surface area (TPSA) is 29.5 Å². The first-order valence-corrected chi connectivity index (χ1v) is 6.64. The van der Waals surface area contributed by atoms with Crippen LogP contribution in [0, 0.1) is 0 Å². The summed E-state index contributed by atoms with van der Waals surface area (Å²) in [4.78, 5) is 0. The maximum absolute atomic E-state index is 10.1. The van der Waals surface area contributed by atoms with E-state index in [1.54, 1.807) is 0 Å². The van der Waals surface area contributed by atoms with Crippen molar-refractivity contribution in [3.05, 3.63) is 27.2 Å². The number of ether oxygens (including phenoxy) is 1. The molecule has 3 heteroatoms. The predicted octanol–water partition coefficient (Wildman–Crippen LogP) is 3.31. The van der Waals surface area contributed by atoms with E-state index in [-0.39, 0.29) is 6.10 Å². The average molecular weight is 283 g/mol. The summed E-state index contributed by atoms with van der Waals surface area (Å²) in [5.74, 6) is 1.53. The third-order valence-corrected chi connectivity index (χ3v) is 4.36. The van der Waals surface area contributed by atoms with Crippen LogP contribution in [0.3, 0.4) is 0 Å². The molecule has 1 aliphatic heterocycles. The third-order valence-electron chi connectivity index (χ3n) is 3.70. The van der Waals surface area contributed by atoms with Gasteiger partial charge in [0, 0.05) is 22.0 Å². The Hall–Kier alpha value is -0.540. The quantitative estimate of drug-likeness (QED) is 0.791. The van der Waals surface area contributed by atoms with Gasteiger partial charge in [0.05, 0.1) is 12.7 Å². The molecule has 0 radical (unpaired) electrons. The van der Waals surface area contributed by atoms with Gasteiger partial charge in [0.25, 0.3) is 0 Å². The first kappa shape index (κ1) is 10.6. The van der Waals surface area contributed by atoms with Gasteiger partial charge in [0.2, 0.25) is 0 Å². The van der Waals surface area contributed by atoms with Gasteiger partial charge in [-0.3, -0.25) is 0 Å². The summed E-state index contributed by atoms with van der Waals surface area (Å²) in [6.07, 6.45) is 2.55. The standard InChI is InChI=1S/C13H15BrO2/c1-7-2-3-10(15)12-9(14)6-8-4-5-16-13(8)11(7)12/h6-7,10,15H,2-5H2,1H3. The van der Waals surface area contributed by atoms with Gasteiger partial charge in [-0.1, -0.05) is 22.9 Å². The Kier molecular flexibility index (Phi) is 2.48. The molecule has 0 aromatic heterocycles. The van der Waals surface area contributed by atoms with Gasteiger partial charge in [0.15, 0.2) is 0 Å². The lowest BCUT2D eigenvalue weighted by Gasteiger charge is -2.29. The number of halogens is 1. The fourth-order valence-corrected chi connectivity index (χ4v) is 3.62. The Bertz CT molecular complexity index is 442. The molecule has 2 atom stereocenters. The molecule has 2 aliphatic rings. The molecule has 0 saturated carbocycles. The van der Waals surface area contributed by atoms with Crippen LogP contribution in [0.2, 0.25) is 0 Å². The van der Waals surface area contributed by atoms with E-state index >= 15 is 0 Å². The fourth-order valence-electron chi connectivity index (χ4n) is 2.86. The molecule has 0 saturated heterocycles. The Labute approximate surface area is 104 Å². The van der Waals surface area contributed by atoms with Gasteiger partial charge in [-0.2, -0.15) is 0 Å². The number of fused-ring (bicyclic) bond motifs is 3. The molecule has 2 unspecified atom stereocenters. The first-order chi connectivity index (χ1) is 7.68. The SMILES string of the molecule is CC1CCC(O)c2c(Br)cc3c(c21)OCC3. The number of benzene rings is 1. The monoisotopic (exact) mass is 282 g/mol. The zero-order valence-electron chi connectivity index (χ0n) is 9.29. The molecule has 3 rings (SSSR count). The molecule has 86 valence electrons. The summed E-state index contributed by atoms with van der Waals surface area (Å²) in [6, 6.07) is 2.11. The highest BCUT2D eigenvalue weighted by Crippen LogP contribution is 2.48. The molecular formula is C13H15BrO2. The Morgan fingerprint density at radius 2 is 2.19 bits per heavy atom. The van der Waals surface area contributed by atoms with Crippen molar-refractivity contribution < 1.29 is 9.84 Å². The summed E-state index contributed by atoms with van der Waals surface area (Å²) in [5, 5.41) is 10.1. The maximum Gasteiger partial charge on any atom is 0.126 e. The molecule has 1 aromatic rings. The van der Waals surface area contributed by atoms with E-state index < -0.39 is 0 Å². The summed E-state index contributed by atoms with van der Waals surface area (Å²) < 4.78 is 6.79. The van der Waals surface area contributed by atoms with Gasteiger partial charge in [-0.25, -0.2) is 0 Å². The van der Waals surface area contributed by atoms with E-state index in [0.717, 1.165) is 41.7 Å². The van der Waals surface area contributed by atoms with Gasteiger partial charge >= 0.3 is 0 Å². The fraction of sp³-hybridized carbons (Fsp3) is 0.538. The van der Waals surface area contributed by atoms with E-state index in [1.807, 2.05) is 0 Å². The third kappa shape index (κ3) is 1.41. The molecule has 1 heterocycles. The van der Waals surface area contributed by atoms with Gasteiger partial charge in [-0.15, -0.1) is 0 Å². The van der Waals surface area contributed by atoms with Crippen LogP contribution in [0.5, 0.6) is 5.75 Å². The second kappa shape index (κ2) is 3.74. The molecule has 0 amide bonds. The first-order valence-electron chi connectivity index (χ1n) is 5.84. The van der Waals surface area contributed by atoms with Gasteiger partial charge < -0.3 is 9.84 Å². The van der Waals surface area contributed by atoms with Crippen LogP contribution in [-0.2, 0) is 6.42 Å². The lowest BCUT2D eigenvalue weighted by atomic mass is 9.81. The maximum atomic E-state index is 10.1. The van der Waals surface area contributed by atoms with Crippen molar-refractivity contribution in [3.8, 4) is 5.75 Å². The molecule has 0 bridgehead atoms. The van der Waals surface area contributed by atoms with Gasteiger partial charge in [0.1, 0.15) is 5.75 Å². The average Bonchev–Trinajstić information content (AvgIpc) is 2.70. The van der Waals surface area contributed by atoms with Crippen molar-refractivity contribution in [3.63, 3.8) is 0 Å². The number of rotatable bonds is 0.